The number of nitrogens with zero attached hydrogens (tertiary/aromatic N) is 1. The van der Waals surface area contributed by atoms with Crippen LogP contribution in [0.25, 0.3) is 5.52 Å². The smallest absolute Gasteiger partial charge is 0.259 e. The average Bonchev–Trinajstić information content (AvgIpc) is 2.96. The molecule has 1 unspecified atom stereocenters. The number of allylic oxidation sites excluding steroid dienone is 6. The maximum absolute atomic E-state index is 13.6. The summed E-state index contributed by atoms with van der Waals surface area (Å²) in [6.45, 7) is 1.84. The van der Waals surface area contributed by atoms with Crippen LogP contribution in [0, 0.1) is 0 Å². The van der Waals surface area contributed by atoms with Crippen molar-refractivity contribution in [1.29, 1.82) is 0 Å². The lowest BCUT2D eigenvalue weighted by molar-refractivity contribution is 0.102. The highest BCUT2D eigenvalue weighted by molar-refractivity contribution is 7.28. The van der Waals surface area contributed by atoms with Gasteiger partial charge in [-0.05, 0) is 56.1 Å². The highest BCUT2D eigenvalue weighted by atomic mass is 31.0. The third kappa shape index (κ3) is 4.90. The second-order valence-corrected chi connectivity index (χ2v) is 9.04. The van der Waals surface area contributed by atoms with E-state index in [2.05, 4.69) is 20.6 Å². The zero-order chi connectivity index (χ0) is 24.1. The molecule has 2 heterocycles. The van der Waals surface area contributed by atoms with Gasteiger partial charge in [0, 0.05) is 17.5 Å². The summed E-state index contributed by atoms with van der Waals surface area (Å²) in [5.74, 6) is -0.562. The van der Waals surface area contributed by atoms with Gasteiger partial charge in [-0.15, -0.1) is 9.24 Å². The minimum Gasteiger partial charge on any atom is -0.396 e. The van der Waals surface area contributed by atoms with Crippen LogP contribution in [0.2, 0.25) is 0 Å². The first kappa shape index (κ1) is 23.7. The number of benzene rings is 1. The van der Waals surface area contributed by atoms with Gasteiger partial charge in [-0.3, -0.25) is 9.59 Å². The molecular weight excluding hydrogens is 441 g/mol. The number of carbonyl (C=O) groups is 2. The van der Waals surface area contributed by atoms with Crippen LogP contribution >= 0.6 is 9.24 Å². The summed E-state index contributed by atoms with van der Waals surface area (Å²) >= 11 is 0. The van der Waals surface area contributed by atoms with E-state index in [9.17, 15) is 9.59 Å². The molecule has 0 saturated heterocycles. The zero-order valence-corrected chi connectivity index (χ0v) is 20.5. The van der Waals surface area contributed by atoms with E-state index in [1.54, 1.807) is 22.7 Å². The third-order valence-electron chi connectivity index (χ3n) is 6.16. The third-order valence-corrected chi connectivity index (χ3v) is 6.66. The van der Waals surface area contributed by atoms with Gasteiger partial charge in [0.25, 0.3) is 5.91 Å². The highest BCUT2D eigenvalue weighted by Crippen LogP contribution is 2.30. The molecule has 5 nitrogen and oxygen atoms in total. The van der Waals surface area contributed by atoms with Gasteiger partial charge in [0.2, 0.25) is 5.78 Å². The predicted octanol–water partition coefficient (Wildman–Crippen LogP) is 5.85. The minimum absolute atomic E-state index is 0.177. The molecule has 0 fully saturated rings. The largest absolute Gasteiger partial charge is 0.396 e. The lowest BCUT2D eigenvalue weighted by Gasteiger charge is -2.08. The Balaban J connectivity index is 1.71. The molecule has 1 aromatic carbocycles. The summed E-state index contributed by atoms with van der Waals surface area (Å²) in [7, 11) is 2.61. The van der Waals surface area contributed by atoms with Crippen LogP contribution in [-0.2, 0) is 0 Å². The molecule has 0 saturated carbocycles. The number of pyridine rings is 1. The molecule has 4 rings (SSSR count). The van der Waals surface area contributed by atoms with Gasteiger partial charge < -0.3 is 15.5 Å². The van der Waals surface area contributed by atoms with Crippen molar-refractivity contribution in [2.45, 2.75) is 39.0 Å². The number of fused-ring (bicyclic) bond motifs is 1. The summed E-state index contributed by atoms with van der Waals surface area (Å²) in [5.41, 5.74) is 10.3. The molecule has 0 radical (unpaired) electrons. The monoisotopic (exact) mass is 471 g/mol. The van der Waals surface area contributed by atoms with Crippen molar-refractivity contribution in [1.82, 2.24) is 4.40 Å². The maximum atomic E-state index is 13.6. The molecule has 0 aliphatic heterocycles. The molecule has 34 heavy (non-hydrogen) atoms. The number of aromatic nitrogens is 1. The zero-order valence-electron chi connectivity index (χ0n) is 19.4. The van der Waals surface area contributed by atoms with E-state index in [1.165, 1.54) is 24.8 Å². The molecule has 6 heteroatoms. The SMILES string of the molecule is C/C=C(\C=C/C1=CCCCCC1)C(=O)c1c(N)c(C(=O)Nc2ccccc2P)c2ccccn12. The molecule has 2 aromatic heterocycles. The Kier molecular flexibility index (Phi) is 7.44. The van der Waals surface area contributed by atoms with Crippen molar-refractivity contribution >= 4 is 43.1 Å². The van der Waals surface area contributed by atoms with E-state index < -0.39 is 0 Å². The topological polar surface area (TPSA) is 76.6 Å². The summed E-state index contributed by atoms with van der Waals surface area (Å²) in [6, 6.07) is 12.9. The van der Waals surface area contributed by atoms with Gasteiger partial charge >= 0.3 is 0 Å². The number of anilines is 2. The Morgan fingerprint density at radius 3 is 2.68 bits per heavy atom. The van der Waals surface area contributed by atoms with Crippen molar-refractivity contribution in [3.05, 3.63) is 95.4 Å². The fourth-order valence-electron chi connectivity index (χ4n) is 4.32. The first-order valence-electron chi connectivity index (χ1n) is 11.6. The molecule has 174 valence electrons. The van der Waals surface area contributed by atoms with Crippen LogP contribution < -0.4 is 16.4 Å². The van der Waals surface area contributed by atoms with Crippen LogP contribution in [0.4, 0.5) is 11.4 Å². The van der Waals surface area contributed by atoms with Crippen LogP contribution in [0.15, 0.2) is 84.1 Å². The second kappa shape index (κ2) is 10.7. The summed E-state index contributed by atoms with van der Waals surface area (Å²) in [5, 5.41) is 3.79. The Hall–Kier alpha value is -3.43. The standard InChI is InChI=1S/C28H30N3O2P/c1-2-20(17-16-19-11-5-3-4-6-12-19)27(32)26-25(29)24(22-14-9-10-18-31(22)26)28(33)30-21-13-7-8-15-23(21)34/h2,7-11,13-18H,3-6,12,29,34H2,1H3,(H,30,33)/b17-16-,20-2+. The van der Waals surface area contributed by atoms with E-state index in [-0.39, 0.29) is 17.4 Å². The molecular formula is C28H30N3O2P. The van der Waals surface area contributed by atoms with Crippen molar-refractivity contribution in [3.63, 3.8) is 0 Å². The number of Topliss-reactive ketones (excluding diaryl/α,β-unsaturated/α-hetero) is 1. The Bertz CT molecular complexity index is 1330. The molecule has 3 aromatic rings. The van der Waals surface area contributed by atoms with Gasteiger partial charge in [-0.1, -0.05) is 60.6 Å². The molecule has 1 amide bonds. The lowest BCUT2D eigenvalue weighted by atomic mass is 10.0. The Labute approximate surface area is 202 Å². The van der Waals surface area contributed by atoms with Crippen molar-refractivity contribution in [2.75, 3.05) is 11.1 Å². The van der Waals surface area contributed by atoms with Crippen LogP contribution in [0.1, 0.15) is 59.9 Å². The van der Waals surface area contributed by atoms with Gasteiger partial charge in [0.15, 0.2) is 0 Å². The van der Waals surface area contributed by atoms with Gasteiger partial charge in [-0.25, -0.2) is 0 Å². The number of ketones is 1. The minimum atomic E-state index is -0.351. The number of hydrogen-bond donors (Lipinski definition) is 2. The van der Waals surface area contributed by atoms with Crippen LogP contribution in [-0.4, -0.2) is 16.1 Å². The highest BCUT2D eigenvalue weighted by Gasteiger charge is 2.26. The number of carbonyl (C=O) groups excluding carboxylic acids is 2. The average molecular weight is 472 g/mol. The number of para-hydroxylation sites is 1. The van der Waals surface area contributed by atoms with E-state index in [4.69, 9.17) is 5.73 Å². The van der Waals surface area contributed by atoms with Crippen molar-refractivity contribution in [2.24, 2.45) is 0 Å². The molecule has 1 aliphatic carbocycles. The lowest BCUT2D eigenvalue weighted by Crippen LogP contribution is -2.17. The van der Waals surface area contributed by atoms with E-state index in [1.807, 2.05) is 55.5 Å². The maximum Gasteiger partial charge on any atom is 0.259 e. The number of rotatable bonds is 6. The van der Waals surface area contributed by atoms with Crippen molar-refractivity contribution < 1.29 is 9.59 Å². The molecule has 1 atom stereocenters. The van der Waals surface area contributed by atoms with Gasteiger partial charge in [0.05, 0.1) is 16.8 Å². The number of nitrogens with one attached hydrogen (secondary N) is 1. The van der Waals surface area contributed by atoms with Crippen LogP contribution in [0.5, 0.6) is 0 Å². The number of hydrogen-bond acceptors (Lipinski definition) is 3. The number of amides is 1. The van der Waals surface area contributed by atoms with Gasteiger partial charge in [0.1, 0.15) is 5.69 Å². The molecule has 0 bridgehead atoms. The molecule has 1 aliphatic rings. The number of nitrogens with two attached hydrogens (primary N) is 1. The fourth-order valence-corrected chi connectivity index (χ4v) is 4.60. The predicted molar refractivity (Wildman–Crippen MR) is 144 cm³/mol. The Morgan fingerprint density at radius 2 is 1.88 bits per heavy atom. The molecule has 0 spiro atoms. The summed E-state index contributed by atoms with van der Waals surface area (Å²) in [6.07, 6.45) is 15.4. The summed E-state index contributed by atoms with van der Waals surface area (Å²) < 4.78 is 1.71. The van der Waals surface area contributed by atoms with Gasteiger partial charge in [-0.2, -0.15) is 0 Å². The Morgan fingerprint density at radius 1 is 1.09 bits per heavy atom. The normalized spacial score (nSPS) is 14.8. The van der Waals surface area contributed by atoms with E-state index in [0.717, 1.165) is 18.1 Å². The quantitative estimate of drug-likeness (QED) is 0.205. The molecule has 3 N–H and O–H groups in total. The fraction of sp³-hybridized carbons (Fsp3) is 0.214. The van der Waals surface area contributed by atoms with Crippen molar-refractivity contribution in [3.8, 4) is 0 Å². The second-order valence-electron chi connectivity index (χ2n) is 8.42. The first-order chi connectivity index (χ1) is 16.5. The van der Waals surface area contributed by atoms with E-state index in [0.29, 0.717) is 28.0 Å². The number of nitrogen functional groups attached to an aromatic ring is 1. The van der Waals surface area contributed by atoms with E-state index >= 15 is 0 Å². The van der Waals surface area contributed by atoms with Crippen LogP contribution in [0.3, 0.4) is 0 Å². The summed E-state index contributed by atoms with van der Waals surface area (Å²) in [4.78, 5) is 26.9. The first-order valence-corrected chi connectivity index (χ1v) is 12.2.